The molecule has 1 aliphatic heterocycles. The Bertz CT molecular complexity index is 700. The first-order valence-electron chi connectivity index (χ1n) is 7.87. The zero-order valence-corrected chi connectivity index (χ0v) is 16.0. The zero-order valence-electron chi connectivity index (χ0n) is 13.6. The first kappa shape index (κ1) is 18.6. The fourth-order valence-electron chi connectivity index (χ4n) is 2.70. The number of guanidine groups is 1. The van der Waals surface area contributed by atoms with Crippen LogP contribution in [-0.4, -0.2) is 27.8 Å². The van der Waals surface area contributed by atoms with Gasteiger partial charge in [-0.25, -0.2) is 4.39 Å². The van der Waals surface area contributed by atoms with E-state index in [9.17, 15) is 4.39 Å². The summed E-state index contributed by atoms with van der Waals surface area (Å²) < 4.78 is 15.8. The maximum absolute atomic E-state index is 13.6. The summed E-state index contributed by atoms with van der Waals surface area (Å²) in [6.07, 6.45) is 3.34. The van der Waals surface area contributed by atoms with Crippen molar-refractivity contribution in [2.75, 3.05) is 7.05 Å². The van der Waals surface area contributed by atoms with Gasteiger partial charge in [-0.2, -0.15) is 0 Å². The van der Waals surface area contributed by atoms with Crippen molar-refractivity contribution in [1.82, 2.24) is 25.4 Å². The van der Waals surface area contributed by atoms with Crippen molar-refractivity contribution in [3.05, 3.63) is 47.3 Å². The van der Waals surface area contributed by atoms with Crippen LogP contribution in [0.15, 0.2) is 29.3 Å². The van der Waals surface area contributed by atoms with Gasteiger partial charge in [0.1, 0.15) is 11.6 Å². The van der Waals surface area contributed by atoms with Crippen LogP contribution < -0.4 is 10.6 Å². The zero-order chi connectivity index (χ0) is 16.1. The lowest BCUT2D eigenvalue weighted by Gasteiger charge is -2.16. The van der Waals surface area contributed by atoms with Gasteiger partial charge in [-0.05, 0) is 18.9 Å². The van der Waals surface area contributed by atoms with E-state index in [0.29, 0.717) is 24.6 Å². The molecule has 0 atom stereocenters. The average Bonchev–Trinajstić information content (AvgIpc) is 3.00. The Balaban J connectivity index is 0.00000208. The molecule has 0 bridgehead atoms. The lowest BCUT2D eigenvalue weighted by atomic mass is 10.2. The molecule has 0 amide bonds. The number of aryl methyl sites for hydroxylation is 1. The minimum Gasteiger partial charge on any atom is -0.352 e. The molecular formula is C16H22FIN6. The third-order valence-corrected chi connectivity index (χ3v) is 3.98. The van der Waals surface area contributed by atoms with E-state index >= 15 is 0 Å². The van der Waals surface area contributed by atoms with E-state index in [-0.39, 0.29) is 29.8 Å². The van der Waals surface area contributed by atoms with Crippen molar-refractivity contribution in [3.63, 3.8) is 0 Å². The van der Waals surface area contributed by atoms with Crippen LogP contribution in [0.5, 0.6) is 0 Å². The summed E-state index contributed by atoms with van der Waals surface area (Å²) in [5, 5.41) is 14.8. The van der Waals surface area contributed by atoms with E-state index in [2.05, 4.69) is 30.4 Å². The Morgan fingerprint density at radius 1 is 1.21 bits per heavy atom. The van der Waals surface area contributed by atoms with E-state index in [1.807, 2.05) is 6.07 Å². The molecule has 0 saturated heterocycles. The van der Waals surface area contributed by atoms with Gasteiger partial charge in [0.05, 0.1) is 6.54 Å². The molecule has 0 saturated carbocycles. The Kier molecular flexibility index (Phi) is 6.95. The molecule has 0 unspecified atom stereocenters. The van der Waals surface area contributed by atoms with Gasteiger partial charge in [-0.3, -0.25) is 4.99 Å². The van der Waals surface area contributed by atoms with Crippen LogP contribution in [0, 0.1) is 5.82 Å². The second-order valence-corrected chi connectivity index (χ2v) is 5.51. The van der Waals surface area contributed by atoms with Crippen LogP contribution in [0.25, 0.3) is 0 Å². The molecule has 130 valence electrons. The van der Waals surface area contributed by atoms with E-state index in [0.717, 1.165) is 31.0 Å². The molecule has 0 fully saturated rings. The summed E-state index contributed by atoms with van der Waals surface area (Å²) in [5.41, 5.74) is 0.607. The molecule has 0 spiro atoms. The maximum atomic E-state index is 13.6. The highest BCUT2D eigenvalue weighted by Gasteiger charge is 2.15. The van der Waals surface area contributed by atoms with Crippen molar-refractivity contribution in [2.24, 2.45) is 4.99 Å². The molecule has 1 aromatic carbocycles. The fraction of sp³-hybridized carbons (Fsp3) is 0.438. The molecule has 0 radical (unpaired) electrons. The van der Waals surface area contributed by atoms with E-state index in [1.54, 1.807) is 19.2 Å². The number of hydrogen-bond donors (Lipinski definition) is 2. The minimum atomic E-state index is -0.220. The number of benzene rings is 1. The molecule has 3 rings (SSSR count). The first-order valence-corrected chi connectivity index (χ1v) is 7.87. The molecule has 1 aromatic heterocycles. The average molecular weight is 444 g/mol. The van der Waals surface area contributed by atoms with Gasteiger partial charge in [0.15, 0.2) is 11.8 Å². The number of aliphatic imine (C=N–C) groups is 1. The number of nitrogens with one attached hydrogen (secondary N) is 2. The lowest BCUT2D eigenvalue weighted by molar-refractivity contribution is 0.504. The summed E-state index contributed by atoms with van der Waals surface area (Å²) in [4.78, 5) is 4.16. The van der Waals surface area contributed by atoms with Crippen LogP contribution in [0.2, 0.25) is 0 Å². The highest BCUT2D eigenvalue weighted by atomic mass is 127. The Morgan fingerprint density at radius 3 is 2.79 bits per heavy atom. The summed E-state index contributed by atoms with van der Waals surface area (Å²) in [6, 6.07) is 6.71. The van der Waals surface area contributed by atoms with Gasteiger partial charge in [0.25, 0.3) is 0 Å². The number of hydrogen-bond acceptors (Lipinski definition) is 3. The summed E-state index contributed by atoms with van der Waals surface area (Å²) in [5.74, 6) is 2.36. The highest BCUT2D eigenvalue weighted by molar-refractivity contribution is 14.0. The van der Waals surface area contributed by atoms with Crippen molar-refractivity contribution in [1.29, 1.82) is 0 Å². The Hall–Kier alpha value is -1.71. The van der Waals surface area contributed by atoms with Crippen molar-refractivity contribution >= 4 is 29.9 Å². The van der Waals surface area contributed by atoms with Crippen molar-refractivity contribution < 1.29 is 4.39 Å². The predicted octanol–water partition coefficient (Wildman–Crippen LogP) is 2.24. The molecule has 2 aromatic rings. The number of nitrogens with zero attached hydrogens (tertiary/aromatic N) is 4. The topological polar surface area (TPSA) is 67.1 Å². The van der Waals surface area contributed by atoms with Crippen LogP contribution >= 0.6 is 24.0 Å². The highest BCUT2D eigenvalue weighted by Crippen LogP contribution is 2.13. The van der Waals surface area contributed by atoms with E-state index < -0.39 is 0 Å². The molecule has 2 heterocycles. The Morgan fingerprint density at radius 2 is 2.00 bits per heavy atom. The van der Waals surface area contributed by atoms with Gasteiger partial charge in [-0.15, -0.1) is 34.2 Å². The summed E-state index contributed by atoms with van der Waals surface area (Å²) in [7, 11) is 1.69. The fourth-order valence-corrected chi connectivity index (χ4v) is 2.70. The van der Waals surface area contributed by atoms with Crippen LogP contribution in [-0.2, 0) is 26.1 Å². The lowest BCUT2D eigenvalue weighted by Crippen LogP contribution is -2.37. The van der Waals surface area contributed by atoms with Gasteiger partial charge in [0.2, 0.25) is 0 Å². The number of fused-ring (bicyclic) bond motifs is 1. The number of halogens is 2. The molecular weight excluding hydrogens is 422 g/mol. The van der Waals surface area contributed by atoms with Gasteiger partial charge >= 0.3 is 0 Å². The largest absolute Gasteiger partial charge is 0.352 e. The third-order valence-electron chi connectivity index (χ3n) is 3.98. The quantitative estimate of drug-likeness (QED) is 0.432. The SMILES string of the molecule is CN=C(NCc1ccccc1F)NCc1nnc2n1CCCC2.I. The molecule has 8 heteroatoms. The molecule has 1 aliphatic rings. The van der Waals surface area contributed by atoms with Gasteiger partial charge < -0.3 is 15.2 Å². The van der Waals surface area contributed by atoms with Crippen molar-refractivity contribution in [3.8, 4) is 0 Å². The van der Waals surface area contributed by atoms with Gasteiger partial charge in [0, 0.05) is 32.1 Å². The monoisotopic (exact) mass is 444 g/mol. The van der Waals surface area contributed by atoms with E-state index in [1.165, 1.54) is 12.5 Å². The molecule has 2 N–H and O–H groups in total. The second-order valence-electron chi connectivity index (χ2n) is 5.51. The maximum Gasteiger partial charge on any atom is 0.191 e. The Labute approximate surface area is 158 Å². The normalized spacial score (nSPS) is 13.8. The second kappa shape index (κ2) is 8.95. The first-order chi connectivity index (χ1) is 11.3. The van der Waals surface area contributed by atoms with Crippen LogP contribution in [0.4, 0.5) is 4.39 Å². The number of rotatable bonds is 4. The molecule has 24 heavy (non-hydrogen) atoms. The number of aromatic nitrogens is 3. The standard InChI is InChI=1S/C16H21FN6.HI/c1-18-16(19-10-12-6-2-3-7-13(12)17)20-11-15-22-21-14-8-4-5-9-23(14)15;/h2-3,6-7H,4-5,8-11H2,1H3,(H2,18,19,20);1H. The van der Waals surface area contributed by atoms with Crippen molar-refractivity contribution in [2.45, 2.75) is 38.9 Å². The minimum absolute atomic E-state index is 0. The molecule has 0 aliphatic carbocycles. The third kappa shape index (κ3) is 4.43. The predicted molar refractivity (Wildman–Crippen MR) is 102 cm³/mol. The smallest absolute Gasteiger partial charge is 0.191 e. The van der Waals surface area contributed by atoms with Crippen LogP contribution in [0.1, 0.15) is 30.1 Å². The summed E-state index contributed by atoms with van der Waals surface area (Å²) >= 11 is 0. The van der Waals surface area contributed by atoms with Gasteiger partial charge in [-0.1, -0.05) is 18.2 Å². The molecule has 6 nitrogen and oxygen atoms in total. The summed E-state index contributed by atoms with van der Waals surface area (Å²) in [6.45, 7) is 1.90. The van der Waals surface area contributed by atoms with Crippen LogP contribution in [0.3, 0.4) is 0 Å². The van der Waals surface area contributed by atoms with E-state index in [4.69, 9.17) is 0 Å².